The first kappa shape index (κ1) is 19.6. The van der Waals surface area contributed by atoms with Gasteiger partial charge in [0.1, 0.15) is 5.82 Å². The summed E-state index contributed by atoms with van der Waals surface area (Å²) in [5.41, 5.74) is 0.285. The van der Waals surface area contributed by atoms with E-state index >= 15 is 0 Å². The molecule has 3 heterocycles. The molecule has 2 aromatic rings. The van der Waals surface area contributed by atoms with Gasteiger partial charge >= 0.3 is 0 Å². The van der Waals surface area contributed by atoms with E-state index in [9.17, 15) is 22.8 Å². The molecule has 0 spiro atoms. The van der Waals surface area contributed by atoms with Gasteiger partial charge in [-0.15, -0.1) is 0 Å². The Kier molecular flexibility index (Phi) is 4.89. The van der Waals surface area contributed by atoms with Crippen molar-refractivity contribution in [1.29, 1.82) is 0 Å². The van der Waals surface area contributed by atoms with Crippen LogP contribution in [-0.4, -0.2) is 71.1 Å². The van der Waals surface area contributed by atoms with Gasteiger partial charge in [0.15, 0.2) is 9.84 Å². The lowest BCUT2D eigenvalue weighted by atomic mass is 10.1. The van der Waals surface area contributed by atoms with E-state index in [0.717, 1.165) is 0 Å². The quantitative estimate of drug-likeness (QED) is 0.741. The Morgan fingerprint density at radius 3 is 2.79 bits per heavy atom. The highest BCUT2D eigenvalue weighted by atomic mass is 32.2. The van der Waals surface area contributed by atoms with Gasteiger partial charge < -0.3 is 14.8 Å². The average Bonchev–Trinajstić information content (AvgIpc) is 3.23. The fourth-order valence-corrected chi connectivity index (χ4v) is 5.83. The van der Waals surface area contributed by atoms with Crippen LogP contribution in [0.1, 0.15) is 18.7 Å². The predicted octanol–water partition coefficient (Wildman–Crippen LogP) is -0.0829. The monoisotopic (exact) mass is 418 g/mol. The Balaban J connectivity index is 1.45. The summed E-state index contributed by atoms with van der Waals surface area (Å²) >= 11 is 0. The molecule has 0 bridgehead atoms. The van der Waals surface area contributed by atoms with Crippen LogP contribution in [0.5, 0.6) is 0 Å². The van der Waals surface area contributed by atoms with Gasteiger partial charge in [-0.1, -0.05) is 12.1 Å². The molecule has 0 radical (unpaired) electrons. The fraction of sp³-hybridized carbons (Fsp3) is 0.474. The molecular formula is C19H22N4O5S. The highest BCUT2D eigenvalue weighted by Crippen LogP contribution is 2.27. The molecule has 2 unspecified atom stereocenters. The van der Waals surface area contributed by atoms with Crippen molar-refractivity contribution in [3.8, 4) is 0 Å². The van der Waals surface area contributed by atoms with Gasteiger partial charge in [0, 0.05) is 26.1 Å². The average molecular weight is 418 g/mol. The normalized spacial score (nSPS) is 23.6. The number of fused-ring (bicyclic) bond motifs is 1. The molecule has 1 aromatic heterocycles. The molecule has 2 saturated heterocycles. The summed E-state index contributed by atoms with van der Waals surface area (Å²) < 4.78 is 23.4. The largest absolute Gasteiger partial charge is 0.338 e. The third-order valence-electron chi connectivity index (χ3n) is 5.58. The zero-order valence-electron chi connectivity index (χ0n) is 16.0. The van der Waals surface area contributed by atoms with Gasteiger partial charge in [0.25, 0.3) is 5.56 Å². The number of nitrogens with one attached hydrogen (secondary N) is 1. The summed E-state index contributed by atoms with van der Waals surface area (Å²) in [6.07, 6.45) is 0.495. The predicted molar refractivity (Wildman–Crippen MR) is 106 cm³/mol. The number of likely N-dealkylation sites (tertiary alicyclic amines) is 1. The first-order valence-electron chi connectivity index (χ1n) is 9.46. The number of para-hydroxylation sites is 1. The molecule has 0 saturated carbocycles. The van der Waals surface area contributed by atoms with Gasteiger partial charge in [-0.05, 0) is 18.6 Å². The Bertz CT molecular complexity index is 1140. The van der Waals surface area contributed by atoms with Crippen LogP contribution in [0.3, 0.4) is 0 Å². The van der Waals surface area contributed by atoms with Crippen LogP contribution in [0.2, 0.25) is 0 Å². The van der Waals surface area contributed by atoms with Crippen molar-refractivity contribution in [2.24, 2.45) is 5.92 Å². The second kappa shape index (κ2) is 7.25. The smallest absolute Gasteiger partial charge is 0.258 e. The number of amides is 2. The van der Waals surface area contributed by atoms with E-state index in [4.69, 9.17) is 0 Å². The van der Waals surface area contributed by atoms with Crippen molar-refractivity contribution in [2.45, 2.75) is 25.4 Å². The minimum atomic E-state index is -3.10. The van der Waals surface area contributed by atoms with Crippen molar-refractivity contribution in [1.82, 2.24) is 19.8 Å². The number of carbonyl (C=O) groups is 2. The summed E-state index contributed by atoms with van der Waals surface area (Å²) in [6.45, 7) is 0.339. The molecule has 2 aliphatic rings. The molecule has 0 aliphatic carbocycles. The number of nitrogens with zero attached hydrogens (tertiary/aromatic N) is 3. The van der Waals surface area contributed by atoms with Crippen molar-refractivity contribution in [3.63, 3.8) is 0 Å². The van der Waals surface area contributed by atoms with Crippen molar-refractivity contribution in [2.75, 3.05) is 25.1 Å². The van der Waals surface area contributed by atoms with E-state index in [1.807, 2.05) is 0 Å². The third kappa shape index (κ3) is 3.89. The molecular weight excluding hydrogens is 396 g/mol. The Hall–Kier alpha value is -2.75. The van der Waals surface area contributed by atoms with Crippen LogP contribution >= 0.6 is 0 Å². The van der Waals surface area contributed by atoms with Gasteiger partial charge in [0.2, 0.25) is 11.8 Å². The van der Waals surface area contributed by atoms with Crippen LogP contribution in [0.4, 0.5) is 0 Å². The Morgan fingerprint density at radius 1 is 1.31 bits per heavy atom. The maximum Gasteiger partial charge on any atom is 0.258 e. The highest BCUT2D eigenvalue weighted by molar-refractivity contribution is 7.91. The van der Waals surface area contributed by atoms with Crippen molar-refractivity contribution in [3.05, 3.63) is 40.4 Å². The number of aromatic amines is 1. The summed E-state index contributed by atoms with van der Waals surface area (Å²) in [5, 5.41) is 0.480. The van der Waals surface area contributed by atoms with Gasteiger partial charge in [0.05, 0.1) is 34.9 Å². The van der Waals surface area contributed by atoms with Gasteiger partial charge in [-0.25, -0.2) is 13.4 Å². The first-order chi connectivity index (χ1) is 13.7. The summed E-state index contributed by atoms with van der Waals surface area (Å²) in [7, 11) is -1.50. The van der Waals surface area contributed by atoms with E-state index < -0.39 is 15.8 Å². The Morgan fingerprint density at radius 2 is 2.07 bits per heavy atom. The minimum absolute atomic E-state index is 0.0300. The molecule has 10 heteroatoms. The zero-order chi connectivity index (χ0) is 20.8. The van der Waals surface area contributed by atoms with E-state index in [1.165, 1.54) is 9.80 Å². The number of benzene rings is 1. The summed E-state index contributed by atoms with van der Waals surface area (Å²) in [5.74, 6) is -0.511. The van der Waals surface area contributed by atoms with Gasteiger partial charge in [-0.2, -0.15) is 0 Å². The molecule has 29 heavy (non-hydrogen) atoms. The lowest BCUT2D eigenvalue weighted by molar-refractivity contribution is -0.135. The van der Waals surface area contributed by atoms with Crippen LogP contribution in [-0.2, 0) is 26.0 Å². The minimum Gasteiger partial charge on any atom is -0.338 e. The number of hydrogen-bond acceptors (Lipinski definition) is 6. The summed E-state index contributed by atoms with van der Waals surface area (Å²) in [4.78, 5) is 47.5. The summed E-state index contributed by atoms with van der Waals surface area (Å²) in [6, 6.07) is 6.62. The van der Waals surface area contributed by atoms with Crippen LogP contribution < -0.4 is 5.56 Å². The van der Waals surface area contributed by atoms with Crippen LogP contribution in [0.25, 0.3) is 10.9 Å². The number of rotatable bonds is 4. The topological polar surface area (TPSA) is 121 Å². The first-order valence-corrected chi connectivity index (χ1v) is 11.3. The zero-order valence-corrected chi connectivity index (χ0v) is 16.8. The highest BCUT2D eigenvalue weighted by Gasteiger charge is 2.42. The molecule has 2 fully saturated rings. The molecule has 9 nitrogen and oxygen atoms in total. The van der Waals surface area contributed by atoms with Crippen LogP contribution in [0.15, 0.2) is 29.1 Å². The number of carbonyl (C=O) groups excluding carboxylic acids is 2. The molecule has 154 valence electrons. The Labute approximate surface area is 167 Å². The molecule has 2 aliphatic heterocycles. The fourth-order valence-electron chi connectivity index (χ4n) is 4.10. The molecule has 1 N–H and O–H groups in total. The SMILES string of the molecule is CN(Cc1nc2ccccc2c(=O)[nH]1)C(=O)C1CC(=O)N(C2CCS(=O)(=O)C2)C1. The number of hydrogen-bond donors (Lipinski definition) is 1. The molecule has 4 rings (SSSR count). The second-order valence-electron chi connectivity index (χ2n) is 7.73. The van der Waals surface area contributed by atoms with E-state index in [1.54, 1.807) is 31.3 Å². The maximum absolute atomic E-state index is 12.8. The van der Waals surface area contributed by atoms with E-state index in [-0.39, 0.29) is 54.4 Å². The number of H-pyrrole nitrogens is 1. The maximum atomic E-state index is 12.8. The number of sulfone groups is 1. The lowest BCUT2D eigenvalue weighted by Crippen LogP contribution is -2.39. The molecule has 2 amide bonds. The molecule has 1 aromatic carbocycles. The van der Waals surface area contributed by atoms with Gasteiger partial charge in [-0.3, -0.25) is 14.4 Å². The second-order valence-corrected chi connectivity index (χ2v) is 9.96. The number of aromatic nitrogens is 2. The molecule has 2 atom stereocenters. The van der Waals surface area contributed by atoms with Crippen molar-refractivity contribution < 1.29 is 18.0 Å². The van der Waals surface area contributed by atoms with Crippen LogP contribution in [0, 0.1) is 5.92 Å². The van der Waals surface area contributed by atoms with E-state index in [0.29, 0.717) is 23.1 Å². The standard InChI is InChI=1S/C19H22N4O5S/c1-22(10-16-20-15-5-3-2-4-14(15)18(25)21-16)19(26)12-8-17(24)23(9-12)13-6-7-29(27,28)11-13/h2-5,12-13H,6-11H2,1H3,(H,20,21,25). The lowest BCUT2D eigenvalue weighted by Gasteiger charge is -2.24. The third-order valence-corrected chi connectivity index (χ3v) is 7.33. The van der Waals surface area contributed by atoms with E-state index in [2.05, 4.69) is 9.97 Å². The van der Waals surface area contributed by atoms with Crippen molar-refractivity contribution >= 4 is 32.6 Å².